The molecule has 116 valence electrons. The molecule has 0 radical (unpaired) electrons. The van der Waals surface area contributed by atoms with Gasteiger partial charge < -0.3 is 10.4 Å². The molecule has 0 unspecified atom stereocenters. The lowest BCUT2D eigenvalue weighted by molar-refractivity contribution is -0.121. The third-order valence-corrected chi connectivity index (χ3v) is 3.49. The lowest BCUT2D eigenvalue weighted by Gasteiger charge is -2.07. The van der Waals surface area contributed by atoms with Gasteiger partial charge in [0.05, 0.1) is 0 Å². The number of rotatable bonds is 7. The van der Waals surface area contributed by atoms with E-state index in [0.29, 0.717) is 19.4 Å². The molecule has 0 aromatic heterocycles. The van der Waals surface area contributed by atoms with Crippen LogP contribution in [0, 0.1) is 5.82 Å². The number of para-hydroxylation sites is 1. The first-order valence-corrected chi connectivity index (χ1v) is 7.43. The number of aryl methyl sites for hydroxylation is 1. The van der Waals surface area contributed by atoms with Crippen molar-refractivity contribution in [2.45, 2.75) is 25.7 Å². The molecule has 0 aliphatic carbocycles. The van der Waals surface area contributed by atoms with Gasteiger partial charge in [-0.15, -0.1) is 0 Å². The van der Waals surface area contributed by atoms with E-state index >= 15 is 0 Å². The molecule has 1 amide bonds. The number of benzene rings is 2. The Labute approximate surface area is 129 Å². The Bertz CT molecular complexity index is 611. The van der Waals surface area contributed by atoms with E-state index in [0.717, 1.165) is 24.0 Å². The Morgan fingerprint density at radius 2 is 1.77 bits per heavy atom. The van der Waals surface area contributed by atoms with Crippen molar-refractivity contribution in [2.24, 2.45) is 0 Å². The van der Waals surface area contributed by atoms with E-state index in [1.165, 1.54) is 12.1 Å². The van der Waals surface area contributed by atoms with Gasteiger partial charge in [-0.3, -0.25) is 4.79 Å². The summed E-state index contributed by atoms with van der Waals surface area (Å²) in [5, 5.41) is 12.5. The lowest BCUT2D eigenvalue weighted by Crippen LogP contribution is -2.25. The summed E-state index contributed by atoms with van der Waals surface area (Å²) in [7, 11) is 0. The van der Waals surface area contributed by atoms with Gasteiger partial charge in [-0.1, -0.05) is 30.3 Å². The lowest BCUT2D eigenvalue weighted by atomic mass is 10.1. The fourth-order valence-electron chi connectivity index (χ4n) is 2.25. The van der Waals surface area contributed by atoms with Crippen LogP contribution in [0.25, 0.3) is 0 Å². The van der Waals surface area contributed by atoms with Gasteiger partial charge >= 0.3 is 0 Å². The van der Waals surface area contributed by atoms with Crippen molar-refractivity contribution in [3.63, 3.8) is 0 Å². The van der Waals surface area contributed by atoms with E-state index in [9.17, 15) is 14.3 Å². The van der Waals surface area contributed by atoms with Gasteiger partial charge in [0.2, 0.25) is 5.91 Å². The molecule has 4 heteroatoms. The van der Waals surface area contributed by atoms with E-state index in [1.54, 1.807) is 24.3 Å². The molecule has 22 heavy (non-hydrogen) atoms. The van der Waals surface area contributed by atoms with Gasteiger partial charge in [0.1, 0.15) is 11.6 Å². The standard InChI is InChI=1S/C18H20FNO2/c19-16-10-8-14(9-11-16)4-3-7-18(22)20-13-12-15-5-1-2-6-17(15)21/h1-2,5-6,8-11,21H,3-4,7,12-13H2,(H,20,22). The van der Waals surface area contributed by atoms with Gasteiger partial charge in [0.25, 0.3) is 0 Å². The Morgan fingerprint density at radius 1 is 1.05 bits per heavy atom. The molecule has 0 saturated carbocycles. The first-order chi connectivity index (χ1) is 10.6. The van der Waals surface area contributed by atoms with Crippen LogP contribution in [0.2, 0.25) is 0 Å². The van der Waals surface area contributed by atoms with E-state index in [-0.39, 0.29) is 17.5 Å². The van der Waals surface area contributed by atoms with E-state index in [4.69, 9.17) is 0 Å². The summed E-state index contributed by atoms with van der Waals surface area (Å²) < 4.78 is 12.8. The highest BCUT2D eigenvalue weighted by Gasteiger charge is 2.03. The van der Waals surface area contributed by atoms with Crippen LogP contribution in [0.15, 0.2) is 48.5 Å². The fraction of sp³-hybridized carbons (Fsp3) is 0.278. The summed E-state index contributed by atoms with van der Waals surface area (Å²) in [5.41, 5.74) is 1.86. The number of carbonyl (C=O) groups excluding carboxylic acids is 1. The Morgan fingerprint density at radius 3 is 2.50 bits per heavy atom. The normalized spacial score (nSPS) is 10.4. The molecule has 0 spiro atoms. The van der Waals surface area contributed by atoms with Crippen molar-refractivity contribution >= 4 is 5.91 Å². The number of hydrogen-bond acceptors (Lipinski definition) is 2. The molecular weight excluding hydrogens is 281 g/mol. The maximum absolute atomic E-state index is 12.8. The molecule has 2 aromatic rings. The van der Waals surface area contributed by atoms with Crippen LogP contribution < -0.4 is 5.32 Å². The van der Waals surface area contributed by atoms with Gasteiger partial charge in [-0.2, -0.15) is 0 Å². The van der Waals surface area contributed by atoms with Crippen LogP contribution in [-0.2, 0) is 17.6 Å². The quantitative estimate of drug-likeness (QED) is 0.825. The van der Waals surface area contributed by atoms with E-state index in [1.807, 2.05) is 12.1 Å². The average molecular weight is 301 g/mol. The second-order valence-electron chi connectivity index (χ2n) is 5.21. The number of hydrogen-bond donors (Lipinski definition) is 2. The number of nitrogens with one attached hydrogen (secondary N) is 1. The molecule has 3 nitrogen and oxygen atoms in total. The highest BCUT2D eigenvalue weighted by atomic mass is 19.1. The summed E-state index contributed by atoms with van der Waals surface area (Å²) in [5.74, 6) is 0.0104. The van der Waals surface area contributed by atoms with Crippen molar-refractivity contribution in [1.29, 1.82) is 0 Å². The van der Waals surface area contributed by atoms with Crippen molar-refractivity contribution in [3.8, 4) is 5.75 Å². The molecular formula is C18H20FNO2. The van der Waals surface area contributed by atoms with Gasteiger partial charge in [-0.05, 0) is 48.6 Å². The van der Waals surface area contributed by atoms with Gasteiger partial charge in [0.15, 0.2) is 0 Å². The highest BCUT2D eigenvalue weighted by Crippen LogP contribution is 2.15. The number of halogens is 1. The minimum absolute atomic E-state index is 0.00228. The van der Waals surface area contributed by atoms with Crippen molar-refractivity contribution in [2.75, 3.05) is 6.54 Å². The van der Waals surface area contributed by atoms with Gasteiger partial charge in [-0.25, -0.2) is 4.39 Å². The molecule has 0 aliphatic rings. The molecule has 0 fully saturated rings. The Balaban J connectivity index is 1.64. The zero-order valence-corrected chi connectivity index (χ0v) is 12.4. The number of phenolic OH excluding ortho intramolecular Hbond substituents is 1. The smallest absolute Gasteiger partial charge is 0.220 e. The van der Waals surface area contributed by atoms with Gasteiger partial charge in [0, 0.05) is 13.0 Å². The molecule has 0 aliphatic heterocycles. The number of amides is 1. The average Bonchev–Trinajstić information content (AvgIpc) is 2.51. The predicted octanol–water partition coefficient (Wildman–Crippen LogP) is 3.21. The zero-order valence-electron chi connectivity index (χ0n) is 12.4. The minimum atomic E-state index is -0.245. The second-order valence-corrected chi connectivity index (χ2v) is 5.21. The summed E-state index contributed by atoms with van der Waals surface area (Å²) in [6.07, 6.45) is 2.54. The molecule has 2 aromatic carbocycles. The van der Waals surface area contributed by atoms with E-state index < -0.39 is 0 Å². The summed E-state index contributed by atoms with van der Waals surface area (Å²) >= 11 is 0. The summed E-state index contributed by atoms with van der Waals surface area (Å²) in [6.45, 7) is 0.507. The molecule has 2 rings (SSSR count). The first-order valence-electron chi connectivity index (χ1n) is 7.43. The number of aromatic hydroxyl groups is 1. The zero-order chi connectivity index (χ0) is 15.8. The number of carbonyl (C=O) groups is 1. The topological polar surface area (TPSA) is 49.3 Å². The molecule has 2 N–H and O–H groups in total. The third-order valence-electron chi connectivity index (χ3n) is 3.49. The van der Waals surface area contributed by atoms with Crippen LogP contribution in [-0.4, -0.2) is 17.6 Å². The largest absolute Gasteiger partial charge is 0.508 e. The predicted molar refractivity (Wildman–Crippen MR) is 84.2 cm³/mol. The molecule has 0 bridgehead atoms. The summed E-state index contributed by atoms with van der Waals surface area (Å²) in [6, 6.07) is 13.5. The van der Waals surface area contributed by atoms with Crippen LogP contribution in [0.5, 0.6) is 5.75 Å². The molecule has 0 atom stereocenters. The van der Waals surface area contributed by atoms with E-state index in [2.05, 4.69) is 5.32 Å². The Kier molecular flexibility index (Phi) is 5.95. The van der Waals surface area contributed by atoms with Crippen molar-refractivity contribution in [1.82, 2.24) is 5.32 Å². The van der Waals surface area contributed by atoms with Crippen LogP contribution in [0.1, 0.15) is 24.0 Å². The SMILES string of the molecule is O=C(CCCc1ccc(F)cc1)NCCc1ccccc1O. The monoisotopic (exact) mass is 301 g/mol. The number of phenols is 1. The third kappa shape index (κ3) is 5.20. The minimum Gasteiger partial charge on any atom is -0.508 e. The maximum atomic E-state index is 12.8. The second kappa shape index (κ2) is 8.17. The van der Waals surface area contributed by atoms with Crippen LogP contribution in [0.3, 0.4) is 0 Å². The fourth-order valence-corrected chi connectivity index (χ4v) is 2.25. The molecule has 0 heterocycles. The maximum Gasteiger partial charge on any atom is 0.220 e. The van der Waals surface area contributed by atoms with Crippen molar-refractivity contribution < 1.29 is 14.3 Å². The van der Waals surface area contributed by atoms with Crippen LogP contribution in [0.4, 0.5) is 4.39 Å². The highest BCUT2D eigenvalue weighted by molar-refractivity contribution is 5.75. The molecule has 0 saturated heterocycles. The van der Waals surface area contributed by atoms with Crippen LogP contribution >= 0.6 is 0 Å². The first kappa shape index (κ1) is 16.0. The van der Waals surface area contributed by atoms with Crippen molar-refractivity contribution in [3.05, 3.63) is 65.5 Å². The Hall–Kier alpha value is -2.36. The summed E-state index contributed by atoms with van der Waals surface area (Å²) in [4.78, 5) is 11.7.